The number of ether oxygens (including phenoxy) is 1. The van der Waals surface area contributed by atoms with Crippen molar-refractivity contribution in [1.29, 1.82) is 0 Å². The van der Waals surface area contributed by atoms with E-state index in [2.05, 4.69) is 14.6 Å². The molecule has 0 bridgehead atoms. The van der Waals surface area contributed by atoms with Crippen LogP contribution in [0.1, 0.15) is 74.7 Å². The van der Waals surface area contributed by atoms with E-state index < -0.39 is 18.0 Å². The van der Waals surface area contributed by atoms with E-state index in [1.165, 1.54) is 25.3 Å². The minimum atomic E-state index is -1.11. The van der Waals surface area contributed by atoms with Gasteiger partial charge in [0.15, 0.2) is 6.04 Å². The second-order valence-corrected chi connectivity index (χ2v) is 12.6. The van der Waals surface area contributed by atoms with Crippen molar-refractivity contribution >= 4 is 30.3 Å². The molecule has 0 radical (unpaired) electrons. The van der Waals surface area contributed by atoms with Crippen LogP contribution in [0.3, 0.4) is 0 Å². The van der Waals surface area contributed by atoms with Gasteiger partial charge in [0.2, 0.25) is 0 Å². The van der Waals surface area contributed by atoms with E-state index in [9.17, 15) is 29.0 Å². The Morgan fingerprint density at radius 2 is 1.67 bits per heavy atom. The van der Waals surface area contributed by atoms with Gasteiger partial charge in [-0.3, -0.25) is 4.99 Å². The van der Waals surface area contributed by atoms with E-state index in [1.54, 1.807) is 19.3 Å². The highest BCUT2D eigenvalue weighted by atomic mass is 19.1. The molecule has 0 spiro atoms. The van der Waals surface area contributed by atoms with Crippen LogP contribution >= 0.6 is 0 Å². The van der Waals surface area contributed by atoms with Crippen LogP contribution in [-0.2, 0) is 16.0 Å². The summed E-state index contributed by atoms with van der Waals surface area (Å²) >= 11 is 0. The third kappa shape index (κ3) is 9.60. The molecule has 1 fully saturated rings. The first-order valence-corrected chi connectivity index (χ1v) is 16.1. The Bertz CT molecular complexity index is 1620. The predicted molar refractivity (Wildman–Crippen MR) is 184 cm³/mol. The monoisotopic (exact) mass is 657 g/mol. The molecule has 254 valence electrons. The average Bonchev–Trinajstić information content (AvgIpc) is 3.56. The van der Waals surface area contributed by atoms with Crippen molar-refractivity contribution < 1.29 is 33.7 Å². The smallest absolute Gasteiger partial charge is 0.335 e. The number of methoxy groups -OCH3 is 1. The van der Waals surface area contributed by atoms with Crippen LogP contribution in [0.2, 0.25) is 0 Å². The summed E-state index contributed by atoms with van der Waals surface area (Å²) in [5.74, 6) is -1.89. The molecule has 5 rings (SSSR count). The number of carbonyl (C=O) groups excluding carboxylic acids is 1. The molecule has 2 atom stereocenters. The normalized spacial score (nSPS) is 19.5. The fourth-order valence-corrected chi connectivity index (χ4v) is 6.58. The molecule has 0 amide bonds. The molecule has 2 aliphatic rings. The summed E-state index contributed by atoms with van der Waals surface area (Å²) < 4.78 is 18.0. The highest BCUT2D eigenvalue weighted by Crippen LogP contribution is 2.40. The summed E-state index contributed by atoms with van der Waals surface area (Å²) in [6.45, 7) is 2.29. The van der Waals surface area contributed by atoms with Crippen LogP contribution in [0.25, 0.3) is 6.08 Å². The fourth-order valence-electron chi connectivity index (χ4n) is 6.58. The lowest BCUT2D eigenvalue weighted by Gasteiger charge is -2.38. The van der Waals surface area contributed by atoms with Gasteiger partial charge in [0.1, 0.15) is 5.82 Å². The SMILES string of the molecule is COC(=O)C1CN(C=Cc2ccccc2)C=N1.Cc1c(CC2CCC(C(c3ccc(F)cc3)N(C)C)CC2)cc(C(=O)O)cc1C(=O)O. The topological polar surface area (TPSA) is 120 Å². The first-order chi connectivity index (χ1) is 23.0. The van der Waals surface area contributed by atoms with E-state index in [0.717, 1.165) is 42.4 Å². The predicted octanol–water partition coefficient (Wildman–Crippen LogP) is 6.73. The molecule has 1 aliphatic carbocycles. The summed E-state index contributed by atoms with van der Waals surface area (Å²) in [5, 5.41) is 18.8. The lowest BCUT2D eigenvalue weighted by Crippen LogP contribution is -2.30. The quantitative estimate of drug-likeness (QED) is 0.231. The van der Waals surface area contributed by atoms with Crippen molar-refractivity contribution in [2.45, 2.75) is 51.1 Å². The Morgan fingerprint density at radius 3 is 2.25 bits per heavy atom. The van der Waals surface area contributed by atoms with Crippen LogP contribution in [0.15, 0.2) is 77.9 Å². The van der Waals surface area contributed by atoms with Gasteiger partial charge in [-0.25, -0.2) is 18.8 Å². The molecule has 48 heavy (non-hydrogen) atoms. The maximum atomic E-state index is 13.4. The van der Waals surface area contributed by atoms with E-state index >= 15 is 0 Å². The number of carboxylic acid groups (broad SMARTS) is 2. The molecule has 0 saturated heterocycles. The largest absolute Gasteiger partial charge is 0.478 e. The first kappa shape index (κ1) is 36.0. The molecule has 3 aromatic rings. The maximum absolute atomic E-state index is 13.4. The Morgan fingerprint density at radius 1 is 1.00 bits per heavy atom. The summed E-state index contributed by atoms with van der Waals surface area (Å²) in [6, 6.07) is 19.4. The number of hydrogen-bond donors (Lipinski definition) is 2. The summed E-state index contributed by atoms with van der Waals surface area (Å²) in [5.41, 5.74) is 3.78. The molecule has 9 nitrogen and oxygen atoms in total. The number of halogens is 1. The summed E-state index contributed by atoms with van der Waals surface area (Å²) in [4.78, 5) is 42.4. The van der Waals surface area contributed by atoms with Gasteiger partial charge in [-0.1, -0.05) is 42.5 Å². The molecule has 1 aliphatic heterocycles. The highest BCUT2D eigenvalue weighted by Gasteiger charge is 2.31. The first-order valence-electron chi connectivity index (χ1n) is 16.1. The van der Waals surface area contributed by atoms with Crippen molar-refractivity contribution in [2.24, 2.45) is 16.8 Å². The van der Waals surface area contributed by atoms with Crippen molar-refractivity contribution in [3.8, 4) is 0 Å². The molecule has 2 N–H and O–H groups in total. The van der Waals surface area contributed by atoms with Gasteiger partial charge < -0.3 is 24.7 Å². The number of carbonyl (C=O) groups is 3. The molecule has 1 saturated carbocycles. The third-order valence-electron chi connectivity index (χ3n) is 9.12. The molecule has 3 aromatic carbocycles. The van der Waals surface area contributed by atoms with Crippen LogP contribution in [0.5, 0.6) is 0 Å². The molecule has 1 heterocycles. The van der Waals surface area contributed by atoms with Crippen LogP contribution in [0, 0.1) is 24.6 Å². The van der Waals surface area contributed by atoms with Crippen LogP contribution < -0.4 is 0 Å². The minimum absolute atomic E-state index is 0.0238. The van der Waals surface area contributed by atoms with E-state index in [4.69, 9.17) is 0 Å². The molecular formula is C38H44FN3O6. The van der Waals surface area contributed by atoms with Gasteiger partial charge in [0.05, 0.1) is 31.1 Å². The van der Waals surface area contributed by atoms with Crippen molar-refractivity contribution in [3.63, 3.8) is 0 Å². The summed E-state index contributed by atoms with van der Waals surface area (Å²) in [6.07, 6.45) is 10.3. The number of nitrogens with zero attached hydrogens (tertiary/aromatic N) is 3. The Kier molecular flexibility index (Phi) is 12.6. The van der Waals surface area contributed by atoms with Gasteiger partial charge in [-0.05, 0) is 118 Å². The average molecular weight is 658 g/mol. The van der Waals surface area contributed by atoms with Gasteiger partial charge >= 0.3 is 17.9 Å². The highest BCUT2D eigenvalue weighted by molar-refractivity contribution is 5.95. The summed E-state index contributed by atoms with van der Waals surface area (Å²) in [7, 11) is 5.48. The molecule has 10 heteroatoms. The molecule has 0 aromatic heterocycles. The number of benzene rings is 3. The van der Waals surface area contributed by atoms with Gasteiger partial charge in [-0.2, -0.15) is 0 Å². The van der Waals surface area contributed by atoms with E-state index in [1.807, 2.05) is 73.7 Å². The number of esters is 1. The lowest BCUT2D eigenvalue weighted by molar-refractivity contribution is -0.141. The number of rotatable bonds is 10. The number of aromatic carboxylic acids is 2. The second kappa shape index (κ2) is 16.8. The zero-order chi connectivity index (χ0) is 34.8. The Balaban J connectivity index is 0.000000257. The third-order valence-corrected chi connectivity index (χ3v) is 9.12. The minimum Gasteiger partial charge on any atom is -0.478 e. The zero-order valence-electron chi connectivity index (χ0n) is 27.9. The van der Waals surface area contributed by atoms with Crippen molar-refractivity contribution in [1.82, 2.24) is 9.80 Å². The van der Waals surface area contributed by atoms with E-state index in [-0.39, 0.29) is 29.0 Å². The molecular weight excluding hydrogens is 613 g/mol. The van der Waals surface area contributed by atoms with Gasteiger partial charge in [-0.15, -0.1) is 0 Å². The van der Waals surface area contributed by atoms with Crippen molar-refractivity contribution in [2.75, 3.05) is 27.7 Å². The maximum Gasteiger partial charge on any atom is 0.335 e. The Hall–Kier alpha value is -4.83. The lowest BCUT2D eigenvalue weighted by atomic mass is 9.74. The van der Waals surface area contributed by atoms with Crippen LogP contribution in [-0.4, -0.2) is 78.1 Å². The number of carboxylic acids is 2. The fraction of sp³-hybridized carbons (Fsp3) is 0.368. The van der Waals surface area contributed by atoms with E-state index in [0.29, 0.717) is 30.4 Å². The zero-order valence-corrected chi connectivity index (χ0v) is 27.9. The molecule has 2 unspecified atom stereocenters. The Labute approximate surface area is 281 Å². The second-order valence-electron chi connectivity index (χ2n) is 12.6. The van der Waals surface area contributed by atoms with Gasteiger partial charge in [0, 0.05) is 12.2 Å². The van der Waals surface area contributed by atoms with Crippen LogP contribution in [0.4, 0.5) is 4.39 Å². The number of aliphatic imine (C=N–C) groups is 1. The number of hydrogen-bond acceptors (Lipinski definition) is 7. The standard InChI is InChI=1S/C25H30FNO4.C13H14N2O2/c1-15-19(13-20(24(28)29)14-22(15)25(30)31)12-16-4-6-17(7-5-16)23(27(2)3)18-8-10-21(26)11-9-18;1-17-13(16)12-9-15(10-14-12)8-7-11-5-3-2-4-6-11/h8-11,13-14,16-17,23H,4-7,12H2,1-3H3,(H,28,29)(H,30,31);2-8,10,12H,9H2,1H3. The van der Waals surface area contributed by atoms with Gasteiger partial charge in [0.25, 0.3) is 0 Å². The van der Waals surface area contributed by atoms with Crippen molar-refractivity contribution in [3.05, 3.63) is 112 Å².